The fourth-order valence-electron chi connectivity index (χ4n) is 1.34. The van der Waals surface area contributed by atoms with Gasteiger partial charge in [-0.15, -0.1) is 0 Å². The Kier molecular flexibility index (Phi) is 4.11. The Morgan fingerprint density at radius 3 is 2.62 bits per heavy atom. The van der Waals surface area contributed by atoms with Crippen LogP contribution in [0.3, 0.4) is 0 Å². The third-order valence-corrected chi connectivity index (χ3v) is 3.46. The van der Waals surface area contributed by atoms with Crippen LogP contribution in [0.2, 0.25) is 0 Å². The number of rotatable bonds is 3. The van der Waals surface area contributed by atoms with Crippen LogP contribution in [0, 0.1) is 0 Å². The zero-order valence-corrected chi connectivity index (χ0v) is 10.0. The maximum absolute atomic E-state index is 11.6. The van der Waals surface area contributed by atoms with Gasteiger partial charge in [0.15, 0.2) is 0 Å². The number of aliphatic hydroxyl groups is 1. The fourth-order valence-corrected chi connectivity index (χ4v) is 2.44. The molecule has 1 rings (SSSR count). The van der Waals surface area contributed by atoms with Gasteiger partial charge in [-0.3, -0.25) is 0 Å². The summed E-state index contributed by atoms with van der Waals surface area (Å²) in [6, 6.07) is 0. The summed E-state index contributed by atoms with van der Waals surface area (Å²) >= 11 is 0. The van der Waals surface area contributed by atoms with Crippen molar-refractivity contribution < 1.29 is 23.1 Å². The minimum absolute atomic E-state index is 0.00426. The Morgan fingerprint density at radius 1 is 1.56 bits per heavy atom. The van der Waals surface area contributed by atoms with Crippen LogP contribution in [-0.4, -0.2) is 49.2 Å². The van der Waals surface area contributed by atoms with Gasteiger partial charge in [0, 0.05) is 13.1 Å². The van der Waals surface area contributed by atoms with Gasteiger partial charge in [0.1, 0.15) is 0 Å². The highest BCUT2D eigenvalue weighted by Crippen LogP contribution is 2.12. The zero-order chi connectivity index (χ0) is 12.3. The molecule has 1 saturated heterocycles. The smallest absolute Gasteiger partial charge is 0.422 e. The molecule has 0 bridgehead atoms. The molecule has 8 heteroatoms. The minimum atomic E-state index is -3.89. The molecule has 94 valence electrons. The van der Waals surface area contributed by atoms with Crippen molar-refractivity contribution in [3.05, 3.63) is 0 Å². The van der Waals surface area contributed by atoms with Gasteiger partial charge in [0.2, 0.25) is 0 Å². The zero-order valence-electron chi connectivity index (χ0n) is 9.21. The Labute approximate surface area is 94.6 Å². The van der Waals surface area contributed by atoms with Crippen LogP contribution in [0.25, 0.3) is 0 Å². The van der Waals surface area contributed by atoms with Gasteiger partial charge in [-0.05, 0) is 20.3 Å². The van der Waals surface area contributed by atoms with Crippen LogP contribution in [0.15, 0.2) is 0 Å². The van der Waals surface area contributed by atoms with E-state index < -0.39 is 22.4 Å². The van der Waals surface area contributed by atoms with Gasteiger partial charge in [-0.25, -0.2) is 9.52 Å². The highest BCUT2D eigenvalue weighted by Gasteiger charge is 2.31. The van der Waals surface area contributed by atoms with Gasteiger partial charge in [-0.2, -0.15) is 12.7 Å². The highest BCUT2D eigenvalue weighted by molar-refractivity contribution is 7.87. The monoisotopic (exact) mass is 252 g/mol. The first-order valence-corrected chi connectivity index (χ1v) is 6.42. The third kappa shape index (κ3) is 3.62. The molecular formula is C8H16N2O5S. The molecule has 0 aromatic heterocycles. The Balaban J connectivity index is 2.55. The maximum atomic E-state index is 11.6. The van der Waals surface area contributed by atoms with Gasteiger partial charge < -0.3 is 9.84 Å². The summed E-state index contributed by atoms with van der Waals surface area (Å²) in [5, 5.41) is 9.19. The lowest BCUT2D eigenvalue weighted by atomic mass is 10.3. The van der Waals surface area contributed by atoms with Crippen molar-refractivity contribution in [1.29, 1.82) is 0 Å². The summed E-state index contributed by atoms with van der Waals surface area (Å²) in [6.07, 6.45) is -1.69. The molecule has 0 aromatic rings. The van der Waals surface area contributed by atoms with Crippen molar-refractivity contribution in [3.63, 3.8) is 0 Å². The van der Waals surface area contributed by atoms with Crippen LogP contribution >= 0.6 is 0 Å². The van der Waals surface area contributed by atoms with Crippen molar-refractivity contribution in [1.82, 2.24) is 9.03 Å². The lowest BCUT2D eigenvalue weighted by Gasteiger charge is -2.16. The number of ether oxygens (including phenoxy) is 1. The molecule has 0 saturated carbocycles. The molecule has 0 radical (unpaired) electrons. The first-order chi connectivity index (χ1) is 7.31. The number of nitrogens with one attached hydrogen (secondary N) is 1. The third-order valence-electron chi connectivity index (χ3n) is 2.02. The Hall–Kier alpha value is -0.860. The molecule has 1 atom stereocenters. The summed E-state index contributed by atoms with van der Waals surface area (Å²) < 4.78 is 30.6. The predicted molar refractivity (Wildman–Crippen MR) is 55.9 cm³/mol. The lowest BCUT2D eigenvalue weighted by Crippen LogP contribution is -2.43. The second-order valence-corrected chi connectivity index (χ2v) is 5.53. The normalized spacial score (nSPS) is 22.4. The topological polar surface area (TPSA) is 95.9 Å². The largest absolute Gasteiger partial charge is 0.446 e. The van der Waals surface area contributed by atoms with Crippen molar-refractivity contribution in [2.75, 3.05) is 13.1 Å². The van der Waals surface area contributed by atoms with E-state index in [1.165, 1.54) is 0 Å². The fraction of sp³-hybridized carbons (Fsp3) is 0.875. The molecule has 16 heavy (non-hydrogen) atoms. The van der Waals surface area contributed by atoms with Gasteiger partial charge in [0.05, 0.1) is 12.2 Å². The molecule has 1 aliphatic rings. The summed E-state index contributed by atoms with van der Waals surface area (Å²) in [7, 11) is -3.89. The van der Waals surface area contributed by atoms with E-state index in [0.29, 0.717) is 6.42 Å². The van der Waals surface area contributed by atoms with E-state index in [1.54, 1.807) is 18.6 Å². The van der Waals surface area contributed by atoms with Crippen LogP contribution in [-0.2, 0) is 14.9 Å². The van der Waals surface area contributed by atoms with E-state index in [2.05, 4.69) is 4.74 Å². The molecule has 7 nitrogen and oxygen atoms in total. The van der Waals surface area contributed by atoms with Crippen LogP contribution < -0.4 is 4.72 Å². The maximum Gasteiger partial charge on any atom is 0.422 e. The van der Waals surface area contributed by atoms with Crippen molar-refractivity contribution >= 4 is 16.3 Å². The summed E-state index contributed by atoms with van der Waals surface area (Å²) in [4.78, 5) is 11.1. The summed E-state index contributed by atoms with van der Waals surface area (Å²) in [6.45, 7) is 3.44. The van der Waals surface area contributed by atoms with E-state index in [9.17, 15) is 18.3 Å². The predicted octanol–water partition coefficient (Wildman–Crippen LogP) is -0.568. The average Bonchev–Trinajstić information content (AvgIpc) is 2.49. The quantitative estimate of drug-likeness (QED) is 0.701. The number of carbonyl (C=O) groups is 1. The molecule has 0 aliphatic carbocycles. The SMILES string of the molecule is CC(C)OC(=O)NS(=O)(=O)N1CC[C@@H](O)C1. The molecule has 2 N–H and O–H groups in total. The van der Waals surface area contributed by atoms with E-state index in [1.807, 2.05) is 0 Å². The van der Waals surface area contributed by atoms with Gasteiger partial charge in [0.25, 0.3) is 0 Å². The molecule has 0 aromatic carbocycles. The minimum Gasteiger partial charge on any atom is -0.446 e. The van der Waals surface area contributed by atoms with E-state index >= 15 is 0 Å². The number of hydrogen-bond donors (Lipinski definition) is 2. The molecule has 1 heterocycles. The van der Waals surface area contributed by atoms with Gasteiger partial charge >= 0.3 is 16.3 Å². The average molecular weight is 252 g/mol. The van der Waals surface area contributed by atoms with Crippen molar-refractivity contribution in [2.24, 2.45) is 0 Å². The molecule has 1 aliphatic heterocycles. The van der Waals surface area contributed by atoms with Crippen LogP contribution in [0.4, 0.5) is 4.79 Å². The number of β-amino-alcohol motifs (C(OH)–C–C–N with tert-alkyl or cyclic N) is 1. The van der Waals surface area contributed by atoms with E-state index in [4.69, 9.17) is 0 Å². The molecule has 1 fully saturated rings. The standard InChI is InChI=1S/C8H16N2O5S/c1-6(2)15-8(12)9-16(13,14)10-4-3-7(11)5-10/h6-7,11H,3-5H2,1-2H3,(H,9,12)/t7-/m1/s1. The molecule has 1 amide bonds. The summed E-state index contributed by atoms with van der Waals surface area (Å²) in [5.41, 5.74) is 0. The van der Waals surface area contributed by atoms with Crippen LogP contribution in [0.1, 0.15) is 20.3 Å². The summed E-state index contributed by atoms with van der Waals surface area (Å²) in [5.74, 6) is 0. The highest BCUT2D eigenvalue weighted by atomic mass is 32.2. The number of amides is 1. The van der Waals surface area contributed by atoms with Crippen LogP contribution in [0.5, 0.6) is 0 Å². The lowest BCUT2D eigenvalue weighted by molar-refractivity contribution is 0.121. The van der Waals surface area contributed by atoms with E-state index in [-0.39, 0.29) is 19.2 Å². The molecular weight excluding hydrogens is 236 g/mol. The van der Waals surface area contributed by atoms with Gasteiger partial charge in [-0.1, -0.05) is 0 Å². The second kappa shape index (κ2) is 4.98. The first-order valence-electron chi connectivity index (χ1n) is 4.98. The number of carbonyl (C=O) groups excluding carboxylic acids is 1. The molecule has 0 unspecified atom stereocenters. The van der Waals surface area contributed by atoms with E-state index in [0.717, 1.165) is 4.31 Å². The van der Waals surface area contributed by atoms with Crippen molar-refractivity contribution in [3.8, 4) is 0 Å². The molecule has 0 spiro atoms. The van der Waals surface area contributed by atoms with Crippen molar-refractivity contribution in [2.45, 2.75) is 32.5 Å². The Morgan fingerprint density at radius 2 is 2.19 bits per heavy atom. The number of aliphatic hydroxyl groups excluding tert-OH is 1. The number of nitrogens with zero attached hydrogens (tertiary/aromatic N) is 1. The Bertz CT molecular complexity index is 353. The number of hydrogen-bond acceptors (Lipinski definition) is 5. The first kappa shape index (κ1) is 13.2. The second-order valence-electron chi connectivity index (χ2n) is 3.86.